The van der Waals surface area contributed by atoms with Crippen LogP contribution in [0.4, 0.5) is 4.79 Å². The van der Waals surface area contributed by atoms with Gasteiger partial charge in [-0.15, -0.1) is 0 Å². The molecule has 2 N–H and O–H groups in total. The number of hydrogen-bond acceptors (Lipinski definition) is 2. The van der Waals surface area contributed by atoms with Gasteiger partial charge in [0.15, 0.2) is 0 Å². The number of hydrogen-bond donors (Lipinski definition) is 2. The molecule has 4 rings (SSSR count). The number of nitrogens with one attached hydrogen (secondary N) is 2. The molecule has 5 nitrogen and oxygen atoms in total. The van der Waals surface area contributed by atoms with E-state index in [-0.39, 0.29) is 6.03 Å². The average molecular weight is 356 g/mol. The van der Waals surface area contributed by atoms with Gasteiger partial charge >= 0.3 is 6.03 Å². The molecule has 0 atom stereocenters. The number of amides is 2. The highest BCUT2D eigenvalue weighted by Crippen LogP contribution is 2.29. The Kier molecular flexibility index (Phi) is 4.34. The van der Waals surface area contributed by atoms with Gasteiger partial charge in [0.2, 0.25) is 0 Å². The number of nitrogens with zero attached hydrogens (tertiary/aromatic N) is 1. The van der Waals surface area contributed by atoms with Gasteiger partial charge in [0, 0.05) is 46.7 Å². The van der Waals surface area contributed by atoms with Gasteiger partial charge < -0.3 is 9.88 Å². The van der Waals surface area contributed by atoms with Gasteiger partial charge in [0.05, 0.1) is 6.61 Å². The first-order valence-electron chi connectivity index (χ1n) is 8.20. The molecule has 0 aliphatic carbocycles. The van der Waals surface area contributed by atoms with Crippen LogP contribution in [-0.2, 0) is 24.4 Å². The molecular formula is C19H18ClN3O2. The van der Waals surface area contributed by atoms with Crippen molar-refractivity contribution in [2.45, 2.75) is 19.6 Å². The molecule has 0 spiro atoms. The summed E-state index contributed by atoms with van der Waals surface area (Å²) in [6.07, 6.45) is 0.785. The molecule has 0 unspecified atom stereocenters. The van der Waals surface area contributed by atoms with E-state index in [1.807, 2.05) is 48.5 Å². The fourth-order valence-corrected chi connectivity index (χ4v) is 3.35. The summed E-state index contributed by atoms with van der Waals surface area (Å²) in [5, 5.41) is 1.77. The zero-order valence-corrected chi connectivity index (χ0v) is 14.3. The van der Waals surface area contributed by atoms with Gasteiger partial charge in [-0.1, -0.05) is 41.9 Å². The fourth-order valence-electron chi connectivity index (χ4n) is 3.18. The lowest BCUT2D eigenvalue weighted by molar-refractivity contribution is 0.0351. The molecule has 1 aromatic heterocycles. The van der Waals surface area contributed by atoms with Crippen LogP contribution < -0.4 is 5.48 Å². The van der Waals surface area contributed by atoms with Crippen LogP contribution in [0.1, 0.15) is 16.8 Å². The standard InChI is InChI=1S/C19H18ClN3O2/c20-14-6-7-17-15(10-14)16-11-23(9-8-18(16)21-17)19(24)22-25-12-13-4-2-1-3-5-13/h1-7,10,21H,8-9,11-12H2,(H,22,24). The maximum atomic E-state index is 12.4. The van der Waals surface area contributed by atoms with Crippen LogP contribution in [-0.4, -0.2) is 22.5 Å². The lowest BCUT2D eigenvalue weighted by Crippen LogP contribution is -2.42. The number of carbonyl (C=O) groups excluding carboxylic acids is 1. The van der Waals surface area contributed by atoms with Gasteiger partial charge in [-0.3, -0.25) is 4.84 Å². The summed E-state index contributed by atoms with van der Waals surface area (Å²) in [4.78, 5) is 22.9. The normalized spacial score (nSPS) is 13.7. The highest BCUT2D eigenvalue weighted by atomic mass is 35.5. The average Bonchev–Trinajstić information content (AvgIpc) is 2.99. The minimum absolute atomic E-state index is 0.224. The molecule has 2 amide bonds. The van der Waals surface area contributed by atoms with Crippen molar-refractivity contribution >= 4 is 28.5 Å². The van der Waals surface area contributed by atoms with Crippen molar-refractivity contribution in [2.75, 3.05) is 6.54 Å². The highest BCUT2D eigenvalue weighted by molar-refractivity contribution is 6.31. The smallest absolute Gasteiger partial charge is 0.341 e. The van der Waals surface area contributed by atoms with Crippen LogP contribution >= 0.6 is 11.6 Å². The van der Waals surface area contributed by atoms with E-state index in [0.717, 1.165) is 28.5 Å². The summed E-state index contributed by atoms with van der Waals surface area (Å²) >= 11 is 6.12. The molecule has 1 aliphatic rings. The molecule has 2 heterocycles. The van der Waals surface area contributed by atoms with Gasteiger partial charge in [-0.05, 0) is 23.8 Å². The number of benzene rings is 2. The van der Waals surface area contributed by atoms with Crippen molar-refractivity contribution in [1.82, 2.24) is 15.4 Å². The molecule has 25 heavy (non-hydrogen) atoms. The lowest BCUT2D eigenvalue weighted by atomic mass is 10.0. The molecule has 0 bridgehead atoms. The Bertz CT molecular complexity index is 908. The Balaban J connectivity index is 1.42. The van der Waals surface area contributed by atoms with Gasteiger partial charge in [-0.2, -0.15) is 0 Å². The Labute approximate surface area is 150 Å². The molecular weight excluding hydrogens is 338 g/mol. The van der Waals surface area contributed by atoms with Crippen molar-refractivity contribution in [1.29, 1.82) is 0 Å². The molecule has 1 aliphatic heterocycles. The maximum Gasteiger partial charge on any atom is 0.341 e. The van der Waals surface area contributed by atoms with E-state index in [9.17, 15) is 4.79 Å². The number of rotatable bonds is 3. The molecule has 3 aromatic rings. The number of halogens is 1. The summed E-state index contributed by atoms with van der Waals surface area (Å²) in [5.41, 5.74) is 6.90. The largest absolute Gasteiger partial charge is 0.358 e. The first-order valence-corrected chi connectivity index (χ1v) is 8.58. The Morgan fingerprint density at radius 2 is 2.08 bits per heavy atom. The van der Waals surface area contributed by atoms with E-state index in [0.29, 0.717) is 24.7 Å². The van der Waals surface area contributed by atoms with Crippen LogP contribution in [0.25, 0.3) is 10.9 Å². The third kappa shape index (κ3) is 3.34. The van der Waals surface area contributed by atoms with Crippen molar-refractivity contribution in [2.24, 2.45) is 0 Å². The second kappa shape index (κ2) is 6.78. The Hall–Kier alpha value is -2.50. The van der Waals surface area contributed by atoms with E-state index in [1.165, 1.54) is 5.69 Å². The predicted molar refractivity (Wildman–Crippen MR) is 97.2 cm³/mol. The van der Waals surface area contributed by atoms with Gasteiger partial charge in [-0.25, -0.2) is 10.3 Å². The summed E-state index contributed by atoms with van der Waals surface area (Å²) in [6, 6.07) is 15.3. The fraction of sp³-hybridized carbons (Fsp3) is 0.211. The third-order valence-corrected chi connectivity index (χ3v) is 4.70. The minimum Gasteiger partial charge on any atom is -0.358 e. The quantitative estimate of drug-likeness (QED) is 0.697. The number of aromatic amines is 1. The monoisotopic (exact) mass is 355 g/mol. The van der Waals surface area contributed by atoms with E-state index in [2.05, 4.69) is 10.5 Å². The summed E-state index contributed by atoms with van der Waals surface area (Å²) in [5.74, 6) is 0. The van der Waals surface area contributed by atoms with Crippen LogP contribution in [0.3, 0.4) is 0 Å². The maximum absolute atomic E-state index is 12.4. The molecule has 0 fully saturated rings. The van der Waals surface area contributed by atoms with Crippen molar-refractivity contribution in [3.63, 3.8) is 0 Å². The third-order valence-electron chi connectivity index (χ3n) is 4.47. The summed E-state index contributed by atoms with van der Waals surface area (Å²) in [7, 11) is 0. The van der Waals surface area contributed by atoms with Gasteiger partial charge in [0.25, 0.3) is 0 Å². The summed E-state index contributed by atoms with van der Waals surface area (Å²) < 4.78 is 0. The Morgan fingerprint density at radius 3 is 2.92 bits per heavy atom. The number of aromatic nitrogens is 1. The van der Waals surface area contributed by atoms with Crippen molar-refractivity contribution in [3.8, 4) is 0 Å². The zero-order valence-electron chi connectivity index (χ0n) is 13.6. The molecule has 0 saturated carbocycles. The predicted octanol–water partition coefficient (Wildman–Crippen LogP) is 4.02. The number of carbonyl (C=O) groups is 1. The van der Waals surface area contributed by atoms with E-state index in [4.69, 9.17) is 16.4 Å². The van der Waals surface area contributed by atoms with Crippen molar-refractivity contribution < 1.29 is 9.63 Å². The van der Waals surface area contributed by atoms with Crippen LogP contribution in [0, 0.1) is 0 Å². The first kappa shape index (κ1) is 16.0. The second-order valence-corrected chi connectivity index (χ2v) is 6.56. The lowest BCUT2D eigenvalue weighted by Gasteiger charge is -2.27. The highest BCUT2D eigenvalue weighted by Gasteiger charge is 2.24. The van der Waals surface area contributed by atoms with E-state index < -0.39 is 0 Å². The molecule has 2 aromatic carbocycles. The number of H-pyrrole nitrogens is 1. The zero-order chi connectivity index (χ0) is 17.2. The van der Waals surface area contributed by atoms with Crippen LogP contribution in [0.15, 0.2) is 48.5 Å². The Morgan fingerprint density at radius 1 is 1.24 bits per heavy atom. The van der Waals surface area contributed by atoms with E-state index >= 15 is 0 Å². The second-order valence-electron chi connectivity index (χ2n) is 6.13. The number of hydroxylamine groups is 1. The van der Waals surface area contributed by atoms with Crippen LogP contribution in [0.5, 0.6) is 0 Å². The molecule has 0 radical (unpaired) electrons. The molecule has 128 valence electrons. The van der Waals surface area contributed by atoms with E-state index in [1.54, 1.807) is 4.90 Å². The SMILES string of the molecule is O=C(NOCc1ccccc1)N1CCc2[nH]c3ccc(Cl)cc3c2C1. The van der Waals surface area contributed by atoms with Gasteiger partial charge in [0.1, 0.15) is 0 Å². The topological polar surface area (TPSA) is 57.4 Å². The van der Waals surface area contributed by atoms with Crippen LogP contribution in [0.2, 0.25) is 5.02 Å². The van der Waals surface area contributed by atoms with Crippen molar-refractivity contribution in [3.05, 3.63) is 70.4 Å². The number of fused-ring (bicyclic) bond motifs is 3. The first-order chi connectivity index (χ1) is 12.2. The number of urea groups is 1. The molecule has 0 saturated heterocycles. The minimum atomic E-state index is -0.224. The summed E-state index contributed by atoms with van der Waals surface area (Å²) in [6.45, 7) is 1.53. The molecule has 6 heteroatoms.